The second-order valence-electron chi connectivity index (χ2n) is 5.07. The van der Waals surface area contributed by atoms with Crippen molar-refractivity contribution in [1.29, 1.82) is 0 Å². The maximum absolute atomic E-state index is 11.7. The molecule has 0 bridgehead atoms. The second kappa shape index (κ2) is 6.44. The second-order valence-corrected chi connectivity index (χ2v) is 5.07. The highest BCUT2D eigenvalue weighted by atomic mass is 16.5. The molecule has 2 N–H and O–H groups in total. The van der Waals surface area contributed by atoms with Crippen LogP contribution in [0.3, 0.4) is 0 Å². The Labute approximate surface area is 141 Å². The summed E-state index contributed by atoms with van der Waals surface area (Å²) in [5, 5.41) is 3.95. The molecule has 8 heteroatoms. The van der Waals surface area contributed by atoms with E-state index in [9.17, 15) is 19.2 Å². The van der Waals surface area contributed by atoms with Crippen LogP contribution >= 0.6 is 0 Å². The number of amides is 4. The highest BCUT2D eigenvalue weighted by molar-refractivity contribution is 6.31. The Morgan fingerprint density at radius 2 is 1.64 bits per heavy atom. The first kappa shape index (κ1) is 16.2. The average Bonchev–Trinajstić information content (AvgIpc) is 3.06. The van der Waals surface area contributed by atoms with Gasteiger partial charge in [0.1, 0.15) is 17.1 Å². The maximum Gasteiger partial charge on any atom is 0.337 e. The summed E-state index contributed by atoms with van der Waals surface area (Å²) in [6, 6.07) is 8.92. The third-order valence-electron chi connectivity index (χ3n) is 3.45. The minimum absolute atomic E-state index is 0.235. The Hall–Kier alpha value is -3.68. The molecule has 0 atom stereocenters. The van der Waals surface area contributed by atoms with Crippen LogP contribution in [0.4, 0.5) is 4.79 Å². The van der Waals surface area contributed by atoms with Crippen molar-refractivity contribution in [3.63, 3.8) is 0 Å². The van der Waals surface area contributed by atoms with Gasteiger partial charge in [-0.2, -0.15) is 0 Å². The minimum atomic E-state index is -0.863. The Balaban J connectivity index is 1.84. The van der Waals surface area contributed by atoms with Crippen molar-refractivity contribution in [2.24, 2.45) is 0 Å². The third kappa shape index (κ3) is 3.32. The number of hydrogen-bond acceptors (Lipinski definition) is 6. The van der Waals surface area contributed by atoms with Crippen LogP contribution in [-0.2, 0) is 14.3 Å². The van der Waals surface area contributed by atoms with Crippen LogP contribution in [0.25, 0.3) is 17.4 Å². The number of carbonyl (C=O) groups excluding carboxylic acids is 4. The summed E-state index contributed by atoms with van der Waals surface area (Å²) in [6.45, 7) is 0. The van der Waals surface area contributed by atoms with E-state index in [1.165, 1.54) is 13.2 Å². The molecular weight excluding hydrogens is 328 g/mol. The van der Waals surface area contributed by atoms with Gasteiger partial charge in [-0.1, -0.05) is 12.1 Å². The van der Waals surface area contributed by atoms with Gasteiger partial charge in [-0.15, -0.1) is 0 Å². The number of methoxy groups -OCH3 is 1. The summed E-state index contributed by atoms with van der Waals surface area (Å²) in [5.41, 5.74) is 0.868. The quantitative estimate of drug-likeness (QED) is 0.497. The monoisotopic (exact) mass is 340 g/mol. The zero-order valence-corrected chi connectivity index (χ0v) is 13.0. The molecule has 8 nitrogen and oxygen atoms in total. The number of benzene rings is 1. The number of nitrogens with one attached hydrogen (secondary N) is 2. The van der Waals surface area contributed by atoms with Gasteiger partial charge in [-0.05, 0) is 30.3 Å². The van der Waals surface area contributed by atoms with Gasteiger partial charge in [0.25, 0.3) is 11.8 Å². The molecule has 1 aromatic carbocycles. The number of hydrogen-bond donors (Lipinski definition) is 2. The molecule has 1 saturated heterocycles. The molecule has 1 fully saturated rings. The summed E-state index contributed by atoms with van der Waals surface area (Å²) in [5.74, 6) is -1.29. The molecular formula is C17H12N2O6. The molecule has 1 aromatic heterocycles. The molecule has 1 aliphatic heterocycles. The van der Waals surface area contributed by atoms with Crippen molar-refractivity contribution in [3.05, 3.63) is 53.3 Å². The zero-order valence-electron chi connectivity index (χ0n) is 13.0. The summed E-state index contributed by atoms with van der Waals surface area (Å²) in [7, 11) is 1.30. The fraction of sp³-hybridized carbons (Fsp3) is 0.0588. The van der Waals surface area contributed by atoms with Crippen molar-refractivity contribution < 1.29 is 28.3 Å². The van der Waals surface area contributed by atoms with E-state index >= 15 is 0 Å². The minimum Gasteiger partial charge on any atom is -0.465 e. The average molecular weight is 340 g/mol. The SMILES string of the molecule is COC(=O)c1ccc(-c2ccc(C=C3C(=O)NC(=O)NC3=O)o2)cc1. The van der Waals surface area contributed by atoms with E-state index in [2.05, 4.69) is 4.74 Å². The van der Waals surface area contributed by atoms with Crippen molar-refractivity contribution in [1.82, 2.24) is 10.6 Å². The molecule has 0 radical (unpaired) electrons. The molecule has 25 heavy (non-hydrogen) atoms. The van der Waals surface area contributed by atoms with E-state index in [0.29, 0.717) is 16.9 Å². The number of ether oxygens (including phenoxy) is 1. The van der Waals surface area contributed by atoms with E-state index in [-0.39, 0.29) is 11.3 Å². The van der Waals surface area contributed by atoms with Crippen molar-refractivity contribution >= 4 is 29.9 Å². The number of furan rings is 1. The number of esters is 1. The van der Waals surface area contributed by atoms with Gasteiger partial charge in [0.15, 0.2) is 0 Å². The van der Waals surface area contributed by atoms with Crippen LogP contribution in [0.5, 0.6) is 0 Å². The topological polar surface area (TPSA) is 115 Å². The smallest absolute Gasteiger partial charge is 0.337 e. The van der Waals surface area contributed by atoms with Crippen molar-refractivity contribution in [3.8, 4) is 11.3 Å². The molecule has 4 amide bonds. The maximum atomic E-state index is 11.7. The molecule has 0 spiro atoms. The van der Waals surface area contributed by atoms with Gasteiger partial charge < -0.3 is 9.15 Å². The van der Waals surface area contributed by atoms with E-state index in [0.717, 1.165) is 0 Å². The Morgan fingerprint density at radius 1 is 1.00 bits per heavy atom. The number of imide groups is 2. The van der Waals surface area contributed by atoms with E-state index < -0.39 is 23.8 Å². The summed E-state index contributed by atoms with van der Waals surface area (Å²) >= 11 is 0. The summed E-state index contributed by atoms with van der Waals surface area (Å²) < 4.78 is 10.2. The van der Waals surface area contributed by atoms with Crippen LogP contribution in [0.2, 0.25) is 0 Å². The van der Waals surface area contributed by atoms with Crippen LogP contribution in [0.15, 0.2) is 46.4 Å². The van der Waals surface area contributed by atoms with Gasteiger partial charge >= 0.3 is 12.0 Å². The van der Waals surface area contributed by atoms with Gasteiger partial charge in [-0.3, -0.25) is 20.2 Å². The first-order valence-electron chi connectivity index (χ1n) is 7.15. The zero-order chi connectivity index (χ0) is 18.0. The van der Waals surface area contributed by atoms with Crippen LogP contribution in [0.1, 0.15) is 16.1 Å². The van der Waals surface area contributed by atoms with Gasteiger partial charge in [0.2, 0.25) is 0 Å². The predicted octanol–water partition coefficient (Wildman–Crippen LogP) is 1.48. The molecule has 0 saturated carbocycles. The first-order chi connectivity index (χ1) is 12.0. The van der Waals surface area contributed by atoms with E-state index in [4.69, 9.17) is 4.42 Å². The number of rotatable bonds is 3. The molecule has 1 aliphatic rings. The van der Waals surface area contributed by atoms with E-state index in [1.54, 1.807) is 36.4 Å². The van der Waals surface area contributed by atoms with Crippen molar-refractivity contribution in [2.75, 3.05) is 7.11 Å². The number of barbiturate groups is 1. The van der Waals surface area contributed by atoms with Gasteiger partial charge in [0, 0.05) is 5.56 Å². The highest BCUT2D eigenvalue weighted by Gasteiger charge is 2.28. The van der Waals surface area contributed by atoms with Crippen molar-refractivity contribution in [2.45, 2.75) is 0 Å². The van der Waals surface area contributed by atoms with Crippen LogP contribution in [-0.4, -0.2) is 30.9 Å². The predicted molar refractivity (Wildman–Crippen MR) is 85.1 cm³/mol. The first-order valence-corrected chi connectivity index (χ1v) is 7.15. The third-order valence-corrected chi connectivity index (χ3v) is 3.45. The number of carbonyl (C=O) groups is 4. The summed E-state index contributed by atoms with van der Waals surface area (Å²) in [6.07, 6.45) is 1.24. The Bertz CT molecular complexity index is 885. The Kier molecular flexibility index (Phi) is 4.17. The molecule has 0 aliphatic carbocycles. The molecule has 3 rings (SSSR count). The lowest BCUT2D eigenvalue weighted by atomic mass is 10.1. The molecule has 126 valence electrons. The fourth-order valence-electron chi connectivity index (χ4n) is 2.22. The molecule has 0 unspecified atom stereocenters. The van der Waals surface area contributed by atoms with Gasteiger partial charge in [0.05, 0.1) is 12.7 Å². The standard InChI is InChI=1S/C17H12N2O6/c1-24-16(22)10-4-2-9(3-5-10)13-7-6-11(25-13)8-12-14(20)18-17(23)19-15(12)21/h2-8H,1H3,(H2,18,19,20,21,23). The lowest BCUT2D eigenvalue weighted by molar-refractivity contribution is -0.123. The van der Waals surface area contributed by atoms with Gasteiger partial charge in [-0.25, -0.2) is 9.59 Å². The normalized spacial score (nSPS) is 14.0. The fourth-order valence-corrected chi connectivity index (χ4v) is 2.22. The molecule has 2 aromatic rings. The highest BCUT2D eigenvalue weighted by Crippen LogP contribution is 2.24. The largest absolute Gasteiger partial charge is 0.465 e. The summed E-state index contributed by atoms with van der Waals surface area (Å²) in [4.78, 5) is 45.8. The van der Waals surface area contributed by atoms with Crippen LogP contribution < -0.4 is 10.6 Å². The van der Waals surface area contributed by atoms with E-state index in [1.807, 2.05) is 10.6 Å². The molecule has 2 heterocycles. The number of urea groups is 1. The van der Waals surface area contributed by atoms with Crippen LogP contribution in [0, 0.1) is 0 Å². The lowest BCUT2D eigenvalue weighted by Crippen LogP contribution is -2.51. The lowest BCUT2D eigenvalue weighted by Gasteiger charge is -2.13. The Morgan fingerprint density at radius 3 is 2.24 bits per heavy atom.